The number of hydrogen-bond donors (Lipinski definition) is 0. The van der Waals surface area contributed by atoms with E-state index in [1.807, 2.05) is 18.2 Å². The molecule has 0 aliphatic carbocycles. The highest BCUT2D eigenvalue weighted by Crippen LogP contribution is 2.22. The number of rotatable bonds is 5. The summed E-state index contributed by atoms with van der Waals surface area (Å²) < 4.78 is 24.8. The second kappa shape index (κ2) is 5.93. The second-order valence-electron chi connectivity index (χ2n) is 4.73. The van der Waals surface area contributed by atoms with E-state index in [-0.39, 0.29) is 5.16 Å². The molecule has 0 aliphatic rings. The van der Waals surface area contributed by atoms with Crippen molar-refractivity contribution in [3.63, 3.8) is 0 Å². The highest BCUT2D eigenvalue weighted by atomic mass is 35.7. The summed E-state index contributed by atoms with van der Waals surface area (Å²) in [5.41, 5.74) is 0.690. The van der Waals surface area contributed by atoms with Gasteiger partial charge in [-0.15, -0.1) is 10.2 Å². The van der Waals surface area contributed by atoms with Gasteiger partial charge in [0.1, 0.15) is 5.82 Å². The van der Waals surface area contributed by atoms with Crippen molar-refractivity contribution in [2.75, 3.05) is 0 Å². The minimum Gasteiger partial charge on any atom is -0.269 e. The van der Waals surface area contributed by atoms with Gasteiger partial charge in [0.05, 0.1) is 0 Å². The molecule has 0 aliphatic heterocycles. The molecule has 5 nitrogen and oxygen atoms in total. The summed E-state index contributed by atoms with van der Waals surface area (Å²) in [5.74, 6) is 0.984. The summed E-state index contributed by atoms with van der Waals surface area (Å²) in [7, 11) is 1.50. The Morgan fingerprint density at radius 2 is 1.90 bits per heavy atom. The summed E-state index contributed by atoms with van der Waals surface area (Å²) in [5, 5.41) is 7.51. The van der Waals surface area contributed by atoms with Gasteiger partial charge in [-0.1, -0.05) is 38.5 Å². The first kappa shape index (κ1) is 15.0. The van der Waals surface area contributed by atoms with Crippen molar-refractivity contribution in [3.8, 4) is 5.69 Å². The van der Waals surface area contributed by atoms with Crippen LogP contribution in [0, 0.1) is 5.92 Å². The van der Waals surface area contributed by atoms with Crippen LogP contribution in [-0.2, 0) is 15.5 Å². The first-order chi connectivity index (χ1) is 9.43. The largest absolute Gasteiger partial charge is 0.297 e. The van der Waals surface area contributed by atoms with E-state index in [1.54, 1.807) is 12.1 Å². The second-order valence-corrected chi connectivity index (χ2v) is 7.18. The van der Waals surface area contributed by atoms with Crippen molar-refractivity contribution in [1.82, 2.24) is 14.8 Å². The van der Waals surface area contributed by atoms with Gasteiger partial charge < -0.3 is 0 Å². The van der Waals surface area contributed by atoms with Gasteiger partial charge in [0.25, 0.3) is 14.2 Å². The van der Waals surface area contributed by atoms with Crippen LogP contribution in [0.3, 0.4) is 0 Å². The lowest BCUT2D eigenvalue weighted by Gasteiger charge is -2.11. The molecule has 0 N–H and O–H groups in total. The van der Waals surface area contributed by atoms with Crippen LogP contribution in [-0.4, -0.2) is 23.2 Å². The third-order valence-electron chi connectivity index (χ3n) is 3.16. The van der Waals surface area contributed by atoms with Crippen LogP contribution in [0.1, 0.15) is 26.1 Å². The molecule has 0 spiro atoms. The monoisotopic (exact) mass is 313 g/mol. The Morgan fingerprint density at radius 1 is 1.25 bits per heavy atom. The Bertz CT molecular complexity index is 683. The number of aromatic nitrogens is 3. The zero-order chi connectivity index (χ0) is 14.8. The average molecular weight is 314 g/mol. The summed E-state index contributed by atoms with van der Waals surface area (Å²) in [6.07, 6.45) is 1.62. The molecule has 2 aromatic rings. The molecule has 1 aromatic carbocycles. The van der Waals surface area contributed by atoms with E-state index in [2.05, 4.69) is 24.0 Å². The van der Waals surface area contributed by atoms with Crippen molar-refractivity contribution in [2.24, 2.45) is 5.92 Å². The van der Waals surface area contributed by atoms with Gasteiger partial charge in [-0.3, -0.25) is 4.57 Å². The molecular weight excluding hydrogens is 298 g/mol. The number of halogens is 1. The zero-order valence-electron chi connectivity index (χ0n) is 11.3. The smallest absolute Gasteiger partial charge is 0.269 e. The van der Waals surface area contributed by atoms with E-state index in [9.17, 15) is 8.42 Å². The molecule has 2 rings (SSSR count). The number of benzene rings is 1. The van der Waals surface area contributed by atoms with Crippen LogP contribution in [0.15, 0.2) is 35.5 Å². The predicted molar refractivity (Wildman–Crippen MR) is 77.6 cm³/mol. The fourth-order valence-corrected chi connectivity index (χ4v) is 2.75. The van der Waals surface area contributed by atoms with Crippen LogP contribution in [0.2, 0.25) is 0 Å². The maximum Gasteiger partial charge on any atom is 0.297 e. The SMILES string of the molecule is CCC(C)Cc1nnc(S(=O)(=O)Cl)n1-c1ccccc1. The molecule has 7 heteroatoms. The topological polar surface area (TPSA) is 64.8 Å². The van der Waals surface area contributed by atoms with Crippen LogP contribution >= 0.6 is 10.7 Å². The molecule has 0 saturated heterocycles. The molecule has 0 amide bonds. The number of para-hydroxylation sites is 1. The van der Waals surface area contributed by atoms with Crippen molar-refractivity contribution < 1.29 is 8.42 Å². The van der Waals surface area contributed by atoms with Gasteiger partial charge in [0, 0.05) is 22.8 Å². The normalized spacial score (nSPS) is 13.3. The Kier molecular flexibility index (Phi) is 4.45. The van der Waals surface area contributed by atoms with Gasteiger partial charge in [0.15, 0.2) is 0 Å². The van der Waals surface area contributed by atoms with Crippen molar-refractivity contribution in [1.29, 1.82) is 0 Å². The number of nitrogens with zero attached hydrogens (tertiary/aromatic N) is 3. The lowest BCUT2D eigenvalue weighted by Crippen LogP contribution is -2.10. The molecule has 20 heavy (non-hydrogen) atoms. The Balaban J connectivity index is 2.58. The van der Waals surface area contributed by atoms with E-state index in [1.165, 1.54) is 4.57 Å². The van der Waals surface area contributed by atoms with E-state index < -0.39 is 9.05 Å². The van der Waals surface area contributed by atoms with Crippen LogP contribution in [0.4, 0.5) is 0 Å². The molecule has 108 valence electrons. The lowest BCUT2D eigenvalue weighted by molar-refractivity contribution is 0.535. The molecule has 1 heterocycles. The first-order valence-corrected chi connectivity index (χ1v) is 8.68. The van der Waals surface area contributed by atoms with Gasteiger partial charge in [-0.25, -0.2) is 8.42 Å². The minimum atomic E-state index is -3.94. The summed E-state index contributed by atoms with van der Waals surface area (Å²) in [6, 6.07) is 9.11. The quantitative estimate of drug-likeness (QED) is 0.796. The average Bonchev–Trinajstić information content (AvgIpc) is 2.83. The van der Waals surface area contributed by atoms with Crippen LogP contribution < -0.4 is 0 Å². The third-order valence-corrected chi connectivity index (χ3v) is 4.28. The van der Waals surface area contributed by atoms with Crippen molar-refractivity contribution in [2.45, 2.75) is 31.8 Å². The van der Waals surface area contributed by atoms with E-state index in [0.29, 0.717) is 23.9 Å². The maximum absolute atomic E-state index is 11.6. The standard InChI is InChI=1S/C13H16ClN3O2S/c1-3-10(2)9-12-15-16-13(20(14,18)19)17(12)11-7-5-4-6-8-11/h4-8,10H,3,9H2,1-2H3. The molecule has 0 radical (unpaired) electrons. The Labute approximate surface area is 123 Å². The molecule has 0 fully saturated rings. The van der Waals surface area contributed by atoms with Gasteiger partial charge >= 0.3 is 0 Å². The van der Waals surface area contributed by atoms with E-state index in [4.69, 9.17) is 10.7 Å². The number of hydrogen-bond acceptors (Lipinski definition) is 4. The van der Waals surface area contributed by atoms with E-state index >= 15 is 0 Å². The van der Waals surface area contributed by atoms with Gasteiger partial charge in [-0.2, -0.15) is 0 Å². The molecular formula is C13H16ClN3O2S. The highest BCUT2D eigenvalue weighted by molar-refractivity contribution is 8.13. The van der Waals surface area contributed by atoms with Crippen molar-refractivity contribution >= 4 is 19.7 Å². The first-order valence-electron chi connectivity index (χ1n) is 6.37. The highest BCUT2D eigenvalue weighted by Gasteiger charge is 2.24. The van der Waals surface area contributed by atoms with Gasteiger partial charge in [0.2, 0.25) is 0 Å². The lowest BCUT2D eigenvalue weighted by atomic mass is 10.1. The minimum absolute atomic E-state index is 0.233. The van der Waals surface area contributed by atoms with Gasteiger partial charge in [-0.05, 0) is 18.1 Å². The molecule has 1 unspecified atom stereocenters. The molecule has 0 saturated carbocycles. The summed E-state index contributed by atoms with van der Waals surface area (Å²) in [4.78, 5) is 0. The Hall–Kier alpha value is -1.40. The predicted octanol–water partition coefficient (Wildman–Crippen LogP) is 2.78. The zero-order valence-corrected chi connectivity index (χ0v) is 12.9. The maximum atomic E-state index is 11.6. The van der Waals surface area contributed by atoms with Crippen LogP contribution in [0.5, 0.6) is 0 Å². The molecule has 0 bridgehead atoms. The summed E-state index contributed by atoms with van der Waals surface area (Å²) in [6.45, 7) is 4.16. The van der Waals surface area contributed by atoms with E-state index in [0.717, 1.165) is 6.42 Å². The fraction of sp³-hybridized carbons (Fsp3) is 0.385. The Morgan fingerprint density at radius 3 is 2.45 bits per heavy atom. The molecule has 1 aromatic heterocycles. The fourth-order valence-electron chi connectivity index (χ4n) is 1.88. The third kappa shape index (κ3) is 3.19. The molecule has 1 atom stereocenters. The summed E-state index contributed by atoms with van der Waals surface area (Å²) >= 11 is 0. The van der Waals surface area contributed by atoms with Crippen LogP contribution in [0.25, 0.3) is 5.69 Å². The van der Waals surface area contributed by atoms with Crippen molar-refractivity contribution in [3.05, 3.63) is 36.2 Å².